The largest absolute Gasteiger partial charge is 0.395 e. The number of anilines is 2. The lowest BCUT2D eigenvalue weighted by molar-refractivity contribution is 0.108. The quantitative estimate of drug-likeness (QED) is 0.323. The van der Waals surface area contributed by atoms with Crippen molar-refractivity contribution in [3.05, 3.63) is 82.6 Å². The fraction of sp³-hybridized carbons (Fsp3) is 0.300. The Bertz CT molecular complexity index is 1480. The third kappa shape index (κ3) is 5.60. The van der Waals surface area contributed by atoms with Gasteiger partial charge in [0, 0.05) is 85.7 Å². The van der Waals surface area contributed by atoms with Gasteiger partial charge >= 0.3 is 0 Å². The second kappa shape index (κ2) is 11.6. The Morgan fingerprint density at radius 3 is 2.58 bits per heavy atom. The molecule has 8 nitrogen and oxygen atoms in total. The molecule has 3 N–H and O–H groups in total. The van der Waals surface area contributed by atoms with Gasteiger partial charge in [-0.25, -0.2) is 0 Å². The van der Waals surface area contributed by atoms with Gasteiger partial charge in [0.2, 0.25) is 0 Å². The summed E-state index contributed by atoms with van der Waals surface area (Å²) in [4.78, 5) is 17.1. The number of benzene rings is 1. The molecule has 0 saturated carbocycles. The number of aromatic nitrogens is 3. The van der Waals surface area contributed by atoms with E-state index in [-0.39, 0.29) is 6.61 Å². The van der Waals surface area contributed by atoms with Crippen molar-refractivity contribution in [2.24, 2.45) is 0 Å². The number of piperazine rings is 1. The molecule has 1 aliphatic rings. The molecule has 0 atom stereocenters. The monoisotopic (exact) mass is 507 g/mol. The van der Waals surface area contributed by atoms with Crippen molar-refractivity contribution in [2.75, 3.05) is 44.6 Å². The number of hydrogen-bond donors (Lipinski definition) is 3. The number of aliphatic hydroxyl groups is 1. The van der Waals surface area contributed by atoms with Crippen molar-refractivity contribution in [3.8, 4) is 6.07 Å². The van der Waals surface area contributed by atoms with Gasteiger partial charge in [-0.2, -0.15) is 5.26 Å². The van der Waals surface area contributed by atoms with E-state index < -0.39 is 0 Å². The Morgan fingerprint density at radius 1 is 1.03 bits per heavy atom. The molecule has 194 valence electrons. The molecule has 4 heterocycles. The summed E-state index contributed by atoms with van der Waals surface area (Å²) in [6.07, 6.45) is 9.44. The van der Waals surface area contributed by atoms with Gasteiger partial charge in [-0.15, -0.1) is 0 Å². The summed E-state index contributed by atoms with van der Waals surface area (Å²) in [6, 6.07) is 12.6. The van der Waals surface area contributed by atoms with Crippen LogP contribution < -0.4 is 5.32 Å². The molecule has 1 aromatic carbocycles. The first-order valence-electron chi connectivity index (χ1n) is 13.0. The normalized spacial score (nSPS) is 14.8. The number of nitrogens with one attached hydrogen (secondary N) is 2. The zero-order valence-corrected chi connectivity index (χ0v) is 21.9. The van der Waals surface area contributed by atoms with Gasteiger partial charge in [0.15, 0.2) is 0 Å². The minimum atomic E-state index is 0.218. The first-order chi connectivity index (χ1) is 18.6. The second-order valence-corrected chi connectivity index (χ2v) is 9.73. The van der Waals surface area contributed by atoms with Crippen molar-refractivity contribution in [1.82, 2.24) is 24.8 Å². The summed E-state index contributed by atoms with van der Waals surface area (Å²) >= 11 is 0. The van der Waals surface area contributed by atoms with E-state index >= 15 is 0 Å². The zero-order valence-electron chi connectivity index (χ0n) is 21.9. The predicted octanol–water partition coefficient (Wildman–Crippen LogP) is 4.47. The molecule has 1 fully saturated rings. The molecule has 38 heavy (non-hydrogen) atoms. The summed E-state index contributed by atoms with van der Waals surface area (Å²) in [5.41, 5.74) is 8.11. The van der Waals surface area contributed by atoms with E-state index in [2.05, 4.69) is 55.2 Å². The third-order valence-corrected chi connectivity index (χ3v) is 7.26. The number of nitriles is 1. The van der Waals surface area contributed by atoms with Gasteiger partial charge in [-0.05, 0) is 61.4 Å². The summed E-state index contributed by atoms with van der Waals surface area (Å²) in [6.45, 7) is 9.83. The maximum Gasteiger partial charge on any atom is 0.103 e. The van der Waals surface area contributed by atoms with E-state index in [1.807, 2.05) is 49.7 Å². The molecule has 1 aliphatic heterocycles. The fourth-order valence-electron chi connectivity index (χ4n) is 4.97. The maximum absolute atomic E-state index is 9.82. The minimum Gasteiger partial charge on any atom is -0.395 e. The van der Waals surface area contributed by atoms with E-state index in [0.29, 0.717) is 5.56 Å². The lowest BCUT2D eigenvalue weighted by Crippen LogP contribution is -2.46. The van der Waals surface area contributed by atoms with Crippen molar-refractivity contribution < 1.29 is 5.11 Å². The molecule has 0 spiro atoms. The third-order valence-electron chi connectivity index (χ3n) is 7.26. The summed E-state index contributed by atoms with van der Waals surface area (Å²) in [5, 5.41) is 23.6. The number of nitrogens with zero attached hydrogens (tertiary/aromatic N) is 5. The van der Waals surface area contributed by atoms with E-state index in [0.717, 1.165) is 84.1 Å². The van der Waals surface area contributed by atoms with E-state index in [9.17, 15) is 5.26 Å². The molecular formula is C30H33N7O. The van der Waals surface area contributed by atoms with Crippen LogP contribution in [0.25, 0.3) is 23.1 Å². The molecule has 4 aromatic rings. The fourth-order valence-corrected chi connectivity index (χ4v) is 4.97. The number of H-pyrrole nitrogens is 1. The molecule has 0 unspecified atom stereocenters. The Morgan fingerprint density at radius 2 is 1.84 bits per heavy atom. The van der Waals surface area contributed by atoms with Crippen molar-refractivity contribution in [1.29, 1.82) is 5.26 Å². The topological polar surface area (TPSA) is 104 Å². The lowest BCUT2D eigenvalue weighted by atomic mass is 10.0. The van der Waals surface area contributed by atoms with Gasteiger partial charge in [0.1, 0.15) is 6.07 Å². The number of pyridine rings is 2. The van der Waals surface area contributed by atoms with Crippen LogP contribution in [0.4, 0.5) is 11.4 Å². The van der Waals surface area contributed by atoms with E-state index in [1.54, 1.807) is 6.20 Å². The van der Waals surface area contributed by atoms with Crippen LogP contribution in [0, 0.1) is 25.2 Å². The van der Waals surface area contributed by atoms with E-state index in [1.165, 1.54) is 5.56 Å². The van der Waals surface area contributed by atoms with Crippen LogP contribution in [0.3, 0.4) is 0 Å². The van der Waals surface area contributed by atoms with Gasteiger partial charge in [-0.1, -0.05) is 6.07 Å². The Kier molecular flexibility index (Phi) is 7.80. The number of β-amino-alcohol motifs (C(OH)–C–C–N with tert-alkyl or cyclic N) is 1. The van der Waals surface area contributed by atoms with Crippen LogP contribution in [0.5, 0.6) is 0 Å². The zero-order chi connectivity index (χ0) is 26.5. The minimum absolute atomic E-state index is 0.218. The highest BCUT2D eigenvalue weighted by molar-refractivity contribution is 5.90. The number of hydrogen-bond acceptors (Lipinski definition) is 7. The van der Waals surface area contributed by atoms with Crippen molar-refractivity contribution >= 4 is 34.4 Å². The summed E-state index contributed by atoms with van der Waals surface area (Å²) in [7, 11) is 0. The van der Waals surface area contributed by atoms with Gasteiger partial charge in [-0.3, -0.25) is 19.8 Å². The van der Waals surface area contributed by atoms with Gasteiger partial charge in [0.05, 0.1) is 23.6 Å². The number of aromatic amines is 1. The SMILES string of the molecule is Cc1ncc(C#N)c(Nc2ccc3[nH]ccc3c2C)c1C=Cc1ccc(CN2CCN(CCO)CC2)cn1. The predicted molar refractivity (Wildman–Crippen MR) is 152 cm³/mol. The highest BCUT2D eigenvalue weighted by Gasteiger charge is 2.17. The smallest absolute Gasteiger partial charge is 0.103 e. The van der Waals surface area contributed by atoms with Crippen LogP contribution in [0.2, 0.25) is 0 Å². The molecule has 0 radical (unpaired) electrons. The highest BCUT2D eigenvalue weighted by atomic mass is 16.3. The number of aryl methyl sites for hydroxylation is 2. The standard InChI is InChI=1S/C30H33N7O/c1-21-26-9-10-32-29(26)8-7-28(21)35-30-24(17-31)19-33-22(2)27(30)6-5-25-4-3-23(18-34-25)20-37-13-11-36(12-14-37)15-16-38/h3-10,18-19,32,38H,11-16,20H2,1-2H3,(H,33,35). The molecule has 0 aliphatic carbocycles. The summed E-state index contributed by atoms with van der Waals surface area (Å²) < 4.78 is 0. The second-order valence-electron chi connectivity index (χ2n) is 9.73. The Hall–Kier alpha value is -4.03. The molecule has 3 aromatic heterocycles. The lowest BCUT2D eigenvalue weighted by Gasteiger charge is -2.34. The molecule has 1 saturated heterocycles. The molecule has 8 heteroatoms. The first kappa shape index (κ1) is 25.6. The average Bonchev–Trinajstić information content (AvgIpc) is 3.42. The number of aliphatic hydroxyl groups excluding tert-OH is 1. The summed E-state index contributed by atoms with van der Waals surface area (Å²) in [5.74, 6) is 0. The Balaban J connectivity index is 1.33. The van der Waals surface area contributed by atoms with Crippen molar-refractivity contribution in [3.63, 3.8) is 0 Å². The number of rotatable bonds is 8. The molecule has 0 amide bonds. The van der Waals surface area contributed by atoms with Crippen LogP contribution in [0.15, 0.2) is 48.9 Å². The molecule has 5 rings (SSSR count). The number of fused-ring (bicyclic) bond motifs is 1. The maximum atomic E-state index is 9.82. The van der Waals surface area contributed by atoms with Crippen LogP contribution >= 0.6 is 0 Å². The van der Waals surface area contributed by atoms with Crippen LogP contribution in [-0.2, 0) is 6.54 Å². The first-order valence-corrected chi connectivity index (χ1v) is 13.0. The van der Waals surface area contributed by atoms with Gasteiger partial charge in [0.25, 0.3) is 0 Å². The van der Waals surface area contributed by atoms with Gasteiger partial charge < -0.3 is 15.4 Å². The Labute approximate surface area is 223 Å². The molecule has 0 bridgehead atoms. The van der Waals surface area contributed by atoms with Crippen LogP contribution in [0.1, 0.15) is 33.6 Å². The van der Waals surface area contributed by atoms with Crippen LogP contribution in [-0.4, -0.2) is 69.2 Å². The molecular weight excluding hydrogens is 474 g/mol. The van der Waals surface area contributed by atoms with E-state index in [4.69, 9.17) is 5.11 Å². The average molecular weight is 508 g/mol. The highest BCUT2D eigenvalue weighted by Crippen LogP contribution is 2.32. The van der Waals surface area contributed by atoms with Crippen molar-refractivity contribution in [2.45, 2.75) is 20.4 Å².